The Morgan fingerprint density at radius 3 is 2.22 bits per heavy atom. The molecular formula is C25H30F4N4O4. The van der Waals surface area contributed by atoms with Crippen molar-refractivity contribution in [3.8, 4) is 5.69 Å². The Morgan fingerprint density at radius 2 is 1.70 bits per heavy atom. The zero-order chi connectivity index (χ0) is 26.5. The molecule has 5 N–H and O–H groups in total. The van der Waals surface area contributed by atoms with Gasteiger partial charge in [0.25, 0.3) is 5.91 Å². The standard InChI is InChI=1S/C22H25FN4O2.C2HF3O2.CH4/c23-16-10-15-12-27(26-20(15)19(11-16)21(24)29)18-6-4-17(5-7-18)25-13-22(14-28)8-2-1-3-9-22;3-2(4,5)1(6)7;/h4-7,10-12,25,28H,1-3,8-9,13-14H2,(H2,24,29);(H,6,7);1H4. The van der Waals surface area contributed by atoms with E-state index in [4.69, 9.17) is 15.6 Å². The second-order valence-electron chi connectivity index (χ2n) is 8.75. The number of aliphatic carboxylic acids is 1. The fourth-order valence-electron chi connectivity index (χ4n) is 4.13. The van der Waals surface area contributed by atoms with Crippen LogP contribution in [0.4, 0.5) is 23.2 Å². The first-order valence-corrected chi connectivity index (χ1v) is 11.2. The van der Waals surface area contributed by atoms with Crippen molar-refractivity contribution < 1.29 is 37.4 Å². The van der Waals surface area contributed by atoms with Crippen LogP contribution in [0, 0.1) is 11.2 Å². The third-order valence-electron chi connectivity index (χ3n) is 6.13. The largest absolute Gasteiger partial charge is 0.490 e. The van der Waals surface area contributed by atoms with Crippen LogP contribution in [0.25, 0.3) is 16.6 Å². The topological polar surface area (TPSA) is 130 Å². The van der Waals surface area contributed by atoms with Crippen LogP contribution < -0.4 is 11.1 Å². The highest BCUT2D eigenvalue weighted by molar-refractivity contribution is 6.04. The maximum absolute atomic E-state index is 13.7. The number of primary amides is 1. The number of nitrogens with one attached hydrogen (secondary N) is 1. The third kappa shape index (κ3) is 7.42. The van der Waals surface area contributed by atoms with E-state index >= 15 is 0 Å². The molecular weight excluding hydrogens is 496 g/mol. The number of hydrogen-bond donors (Lipinski definition) is 4. The molecule has 202 valence electrons. The first kappa shape index (κ1) is 29.6. The molecule has 8 nitrogen and oxygen atoms in total. The Hall–Kier alpha value is -3.67. The summed E-state index contributed by atoms with van der Waals surface area (Å²) in [7, 11) is 0. The van der Waals surface area contributed by atoms with Gasteiger partial charge in [0.1, 0.15) is 11.3 Å². The molecule has 37 heavy (non-hydrogen) atoms. The van der Waals surface area contributed by atoms with E-state index in [0.29, 0.717) is 10.9 Å². The molecule has 2 aromatic carbocycles. The summed E-state index contributed by atoms with van der Waals surface area (Å²) in [5.74, 6) is -3.99. The highest BCUT2D eigenvalue weighted by Gasteiger charge is 2.38. The number of carboxylic acid groups (broad SMARTS) is 1. The number of alkyl halides is 3. The monoisotopic (exact) mass is 526 g/mol. The fourth-order valence-corrected chi connectivity index (χ4v) is 4.13. The van der Waals surface area contributed by atoms with Gasteiger partial charge in [0.15, 0.2) is 0 Å². The molecule has 0 unspecified atom stereocenters. The van der Waals surface area contributed by atoms with E-state index in [2.05, 4.69) is 10.4 Å². The molecule has 1 saturated carbocycles. The first-order chi connectivity index (χ1) is 16.9. The number of rotatable bonds is 6. The van der Waals surface area contributed by atoms with E-state index in [1.165, 1.54) is 25.3 Å². The molecule has 12 heteroatoms. The average Bonchev–Trinajstić information content (AvgIpc) is 3.26. The maximum atomic E-state index is 13.7. The van der Waals surface area contributed by atoms with Crippen LogP contribution in [0.1, 0.15) is 49.9 Å². The lowest BCUT2D eigenvalue weighted by molar-refractivity contribution is -0.192. The van der Waals surface area contributed by atoms with Gasteiger partial charge in [0.05, 0.1) is 17.9 Å². The molecule has 1 aromatic heterocycles. The number of amides is 1. The molecule has 1 aliphatic carbocycles. The van der Waals surface area contributed by atoms with Gasteiger partial charge in [-0.3, -0.25) is 4.79 Å². The van der Waals surface area contributed by atoms with E-state index in [1.807, 2.05) is 24.3 Å². The van der Waals surface area contributed by atoms with E-state index in [1.54, 1.807) is 10.9 Å². The van der Waals surface area contributed by atoms with Crippen molar-refractivity contribution in [2.75, 3.05) is 18.5 Å². The lowest BCUT2D eigenvalue weighted by atomic mass is 9.74. The van der Waals surface area contributed by atoms with Crippen LogP contribution in [0.15, 0.2) is 42.6 Å². The van der Waals surface area contributed by atoms with E-state index < -0.39 is 23.9 Å². The number of hydrogen-bond acceptors (Lipinski definition) is 5. The Labute approximate surface area is 211 Å². The highest BCUT2D eigenvalue weighted by atomic mass is 19.4. The molecule has 4 rings (SSSR count). The number of nitrogens with zero attached hydrogens (tertiary/aromatic N) is 2. The van der Waals surface area contributed by atoms with Gasteiger partial charge in [-0.05, 0) is 49.2 Å². The summed E-state index contributed by atoms with van der Waals surface area (Å²) in [6.07, 6.45) is 2.27. The van der Waals surface area contributed by atoms with Crippen molar-refractivity contribution in [1.29, 1.82) is 0 Å². The molecule has 1 fully saturated rings. The van der Waals surface area contributed by atoms with Gasteiger partial charge < -0.3 is 21.3 Å². The minimum absolute atomic E-state index is 0. The van der Waals surface area contributed by atoms with Gasteiger partial charge in [0, 0.05) is 29.2 Å². The summed E-state index contributed by atoms with van der Waals surface area (Å²) in [4.78, 5) is 20.5. The molecule has 3 aromatic rings. The van der Waals surface area contributed by atoms with Crippen molar-refractivity contribution in [1.82, 2.24) is 9.78 Å². The average molecular weight is 527 g/mol. The van der Waals surface area contributed by atoms with Crippen LogP contribution in [0.2, 0.25) is 0 Å². The Bertz CT molecular complexity index is 1220. The molecule has 1 amide bonds. The quantitative estimate of drug-likeness (QED) is 0.339. The van der Waals surface area contributed by atoms with Gasteiger partial charge in [-0.2, -0.15) is 18.3 Å². The summed E-state index contributed by atoms with van der Waals surface area (Å²) in [5, 5.41) is 25.3. The van der Waals surface area contributed by atoms with Crippen molar-refractivity contribution in [3.63, 3.8) is 0 Å². The van der Waals surface area contributed by atoms with Crippen LogP contribution in [0.5, 0.6) is 0 Å². The highest BCUT2D eigenvalue weighted by Crippen LogP contribution is 2.36. The van der Waals surface area contributed by atoms with Gasteiger partial charge >= 0.3 is 12.1 Å². The number of benzene rings is 2. The third-order valence-corrected chi connectivity index (χ3v) is 6.13. The number of fused-ring (bicyclic) bond motifs is 1. The molecule has 0 saturated heterocycles. The zero-order valence-electron chi connectivity index (χ0n) is 19.2. The second kappa shape index (κ2) is 12.0. The first-order valence-electron chi connectivity index (χ1n) is 11.2. The number of carbonyl (C=O) groups excluding carboxylic acids is 1. The lowest BCUT2D eigenvalue weighted by Gasteiger charge is -2.36. The van der Waals surface area contributed by atoms with Crippen molar-refractivity contribution >= 4 is 28.5 Å². The summed E-state index contributed by atoms with van der Waals surface area (Å²) >= 11 is 0. The Morgan fingerprint density at radius 1 is 1.11 bits per heavy atom. The maximum Gasteiger partial charge on any atom is 0.490 e. The molecule has 0 atom stereocenters. The van der Waals surface area contributed by atoms with Gasteiger partial charge in [0.2, 0.25) is 0 Å². The number of anilines is 1. The van der Waals surface area contributed by atoms with Crippen LogP contribution in [0.3, 0.4) is 0 Å². The van der Waals surface area contributed by atoms with E-state index in [0.717, 1.165) is 36.8 Å². The fraction of sp³-hybridized carbons (Fsp3) is 0.400. The van der Waals surface area contributed by atoms with Crippen LogP contribution >= 0.6 is 0 Å². The van der Waals surface area contributed by atoms with E-state index in [-0.39, 0.29) is 25.0 Å². The second-order valence-corrected chi connectivity index (χ2v) is 8.75. The number of carbonyl (C=O) groups is 2. The molecule has 0 aliphatic heterocycles. The SMILES string of the molecule is C.NC(=O)c1cc(F)cc2cn(-c3ccc(NCC4(CO)CCCCC4)cc3)nc12.O=C(O)C(F)(F)F. The smallest absolute Gasteiger partial charge is 0.475 e. The molecule has 0 bridgehead atoms. The number of carboxylic acids is 1. The normalized spacial score (nSPS) is 14.7. The van der Waals surface area contributed by atoms with Crippen molar-refractivity contribution in [2.24, 2.45) is 11.1 Å². The van der Waals surface area contributed by atoms with Crippen LogP contribution in [-0.4, -0.2) is 51.2 Å². The van der Waals surface area contributed by atoms with Crippen LogP contribution in [-0.2, 0) is 4.79 Å². The Balaban J connectivity index is 0.000000532. The molecule has 0 radical (unpaired) electrons. The number of halogens is 4. The molecule has 1 heterocycles. The van der Waals surface area contributed by atoms with Gasteiger partial charge in [-0.1, -0.05) is 26.7 Å². The summed E-state index contributed by atoms with van der Waals surface area (Å²) in [6.45, 7) is 0.951. The van der Waals surface area contributed by atoms with Crippen molar-refractivity contribution in [2.45, 2.75) is 45.7 Å². The predicted molar refractivity (Wildman–Crippen MR) is 131 cm³/mol. The number of aliphatic hydroxyl groups is 1. The number of aliphatic hydroxyl groups excluding tert-OH is 1. The van der Waals surface area contributed by atoms with Crippen molar-refractivity contribution in [3.05, 3.63) is 54.0 Å². The minimum Gasteiger partial charge on any atom is -0.475 e. The van der Waals surface area contributed by atoms with Gasteiger partial charge in [-0.15, -0.1) is 0 Å². The summed E-state index contributed by atoms with van der Waals surface area (Å²) in [5.41, 5.74) is 7.52. The zero-order valence-corrected chi connectivity index (χ0v) is 19.2. The summed E-state index contributed by atoms with van der Waals surface area (Å²) < 4.78 is 47.1. The van der Waals surface area contributed by atoms with E-state index in [9.17, 15) is 27.5 Å². The Kier molecular flexibility index (Phi) is 9.62. The summed E-state index contributed by atoms with van der Waals surface area (Å²) in [6, 6.07) is 10.1. The minimum atomic E-state index is -5.08. The van der Waals surface area contributed by atoms with Gasteiger partial charge in [-0.25, -0.2) is 13.9 Å². The lowest BCUT2D eigenvalue weighted by Crippen LogP contribution is -2.35. The molecule has 0 spiro atoms. The number of nitrogens with two attached hydrogens (primary N) is 1. The molecule has 1 aliphatic rings. The number of aromatic nitrogens is 2. The predicted octanol–water partition coefficient (Wildman–Crippen LogP) is 4.89.